The fraction of sp³-hybridized carbons (Fsp3) is 0.429. The average molecular weight is 247 g/mol. The topological polar surface area (TPSA) is 57.6 Å². The number of carboxylic acids is 1. The minimum atomic E-state index is -0.812. The van der Waals surface area contributed by atoms with E-state index in [9.17, 15) is 9.59 Å². The third-order valence-corrected chi connectivity index (χ3v) is 3.58. The Morgan fingerprint density at radius 3 is 2.67 bits per heavy atom. The van der Waals surface area contributed by atoms with Gasteiger partial charge in [-0.25, -0.2) is 0 Å². The van der Waals surface area contributed by atoms with Crippen molar-refractivity contribution in [2.75, 3.05) is 0 Å². The van der Waals surface area contributed by atoms with Gasteiger partial charge in [0.15, 0.2) is 0 Å². The number of piperidine rings is 1. The average Bonchev–Trinajstić information content (AvgIpc) is 2.35. The molecule has 1 heterocycles. The van der Waals surface area contributed by atoms with Crippen molar-refractivity contribution in [1.29, 1.82) is 0 Å². The van der Waals surface area contributed by atoms with Gasteiger partial charge in [0, 0.05) is 19.0 Å². The minimum Gasteiger partial charge on any atom is -0.481 e. The van der Waals surface area contributed by atoms with Crippen molar-refractivity contribution < 1.29 is 14.7 Å². The van der Waals surface area contributed by atoms with E-state index in [1.165, 1.54) is 0 Å². The number of hydrogen-bond donors (Lipinski definition) is 1. The Balaban J connectivity index is 2.14. The summed E-state index contributed by atoms with van der Waals surface area (Å²) in [6.07, 6.45) is 0.773. The Labute approximate surface area is 106 Å². The Morgan fingerprint density at radius 2 is 2.06 bits per heavy atom. The van der Waals surface area contributed by atoms with Crippen molar-refractivity contribution in [3.05, 3.63) is 35.9 Å². The first-order valence-electron chi connectivity index (χ1n) is 6.16. The monoisotopic (exact) mass is 247 g/mol. The summed E-state index contributed by atoms with van der Waals surface area (Å²) in [5.41, 5.74) is 1.03. The standard InChI is InChI=1S/C14H17NO3/c1-10-12(14(17)18)7-8-13(16)15(10)9-11-5-3-2-4-6-11/h2-6,10,12H,7-9H2,1H3,(H,17,18). The molecule has 2 unspecified atom stereocenters. The van der Waals surface area contributed by atoms with Crippen LogP contribution in [-0.4, -0.2) is 27.9 Å². The molecule has 2 atom stereocenters. The number of carbonyl (C=O) groups excluding carboxylic acids is 1. The number of nitrogens with zero attached hydrogens (tertiary/aromatic N) is 1. The van der Waals surface area contributed by atoms with E-state index < -0.39 is 11.9 Å². The molecule has 1 saturated heterocycles. The second kappa shape index (κ2) is 5.21. The highest BCUT2D eigenvalue weighted by Gasteiger charge is 2.36. The van der Waals surface area contributed by atoms with E-state index in [1.807, 2.05) is 37.3 Å². The maximum atomic E-state index is 11.9. The van der Waals surface area contributed by atoms with Crippen LogP contribution in [0.1, 0.15) is 25.3 Å². The van der Waals surface area contributed by atoms with Gasteiger partial charge in [-0.1, -0.05) is 30.3 Å². The molecule has 1 fully saturated rings. The Hall–Kier alpha value is -1.84. The number of benzene rings is 1. The molecule has 1 N–H and O–H groups in total. The molecule has 0 aliphatic carbocycles. The second-order valence-corrected chi connectivity index (χ2v) is 4.73. The Bertz CT molecular complexity index is 444. The molecule has 2 rings (SSSR count). The van der Waals surface area contributed by atoms with Gasteiger partial charge in [0.05, 0.1) is 5.92 Å². The molecule has 0 aromatic heterocycles. The smallest absolute Gasteiger partial charge is 0.308 e. The van der Waals surface area contributed by atoms with Gasteiger partial charge in [0.2, 0.25) is 5.91 Å². The van der Waals surface area contributed by atoms with Gasteiger partial charge in [0.1, 0.15) is 0 Å². The Morgan fingerprint density at radius 1 is 1.39 bits per heavy atom. The molecule has 1 aliphatic rings. The number of hydrogen-bond acceptors (Lipinski definition) is 2. The highest BCUT2D eigenvalue weighted by molar-refractivity contribution is 5.81. The summed E-state index contributed by atoms with van der Waals surface area (Å²) >= 11 is 0. The van der Waals surface area contributed by atoms with Crippen LogP contribution in [-0.2, 0) is 16.1 Å². The molecule has 0 saturated carbocycles. The first kappa shape index (κ1) is 12.6. The van der Waals surface area contributed by atoms with Crippen LogP contribution in [0, 0.1) is 5.92 Å². The number of rotatable bonds is 3. The first-order chi connectivity index (χ1) is 8.59. The zero-order chi connectivity index (χ0) is 13.1. The number of likely N-dealkylation sites (tertiary alicyclic amines) is 1. The highest BCUT2D eigenvalue weighted by atomic mass is 16.4. The molecular weight excluding hydrogens is 230 g/mol. The fourth-order valence-electron chi connectivity index (χ4n) is 2.45. The summed E-state index contributed by atoms with van der Waals surface area (Å²) in [4.78, 5) is 24.7. The molecule has 1 aromatic carbocycles. The van der Waals surface area contributed by atoms with Crippen LogP contribution in [0.4, 0.5) is 0 Å². The maximum Gasteiger partial charge on any atom is 0.308 e. The third-order valence-electron chi connectivity index (χ3n) is 3.58. The minimum absolute atomic E-state index is 0.0452. The molecule has 96 valence electrons. The molecule has 1 amide bonds. The maximum absolute atomic E-state index is 11.9. The summed E-state index contributed by atoms with van der Waals surface area (Å²) in [7, 11) is 0. The van der Waals surface area contributed by atoms with Crippen LogP contribution in [0.2, 0.25) is 0 Å². The predicted octanol–water partition coefficient (Wildman–Crippen LogP) is 1.90. The van der Waals surface area contributed by atoms with Crippen molar-refractivity contribution in [3.8, 4) is 0 Å². The lowest BCUT2D eigenvalue weighted by Gasteiger charge is -2.37. The lowest BCUT2D eigenvalue weighted by molar-refractivity contribution is -0.151. The van der Waals surface area contributed by atoms with Crippen LogP contribution in [0.3, 0.4) is 0 Å². The Kier molecular flexibility index (Phi) is 3.65. The van der Waals surface area contributed by atoms with Crippen molar-refractivity contribution in [3.63, 3.8) is 0 Å². The highest BCUT2D eigenvalue weighted by Crippen LogP contribution is 2.26. The lowest BCUT2D eigenvalue weighted by atomic mass is 9.89. The molecule has 0 spiro atoms. The van der Waals surface area contributed by atoms with Gasteiger partial charge in [0.25, 0.3) is 0 Å². The van der Waals surface area contributed by atoms with Crippen LogP contribution in [0.25, 0.3) is 0 Å². The van der Waals surface area contributed by atoms with E-state index in [-0.39, 0.29) is 11.9 Å². The largest absolute Gasteiger partial charge is 0.481 e. The summed E-state index contributed by atoms with van der Waals surface area (Å²) < 4.78 is 0. The lowest BCUT2D eigenvalue weighted by Crippen LogP contribution is -2.48. The summed E-state index contributed by atoms with van der Waals surface area (Å²) in [6.45, 7) is 2.31. The summed E-state index contributed by atoms with van der Waals surface area (Å²) in [6, 6.07) is 9.41. The summed E-state index contributed by atoms with van der Waals surface area (Å²) in [5.74, 6) is -1.22. The van der Waals surface area contributed by atoms with Crippen molar-refractivity contribution in [2.24, 2.45) is 5.92 Å². The van der Waals surface area contributed by atoms with E-state index >= 15 is 0 Å². The van der Waals surface area contributed by atoms with Gasteiger partial charge in [-0.3, -0.25) is 9.59 Å². The fourth-order valence-corrected chi connectivity index (χ4v) is 2.45. The number of carboxylic acid groups (broad SMARTS) is 1. The predicted molar refractivity (Wildman–Crippen MR) is 66.8 cm³/mol. The van der Waals surface area contributed by atoms with Gasteiger partial charge < -0.3 is 10.0 Å². The molecule has 1 aromatic rings. The molecule has 0 radical (unpaired) electrons. The molecule has 4 nitrogen and oxygen atoms in total. The second-order valence-electron chi connectivity index (χ2n) is 4.73. The number of aliphatic carboxylic acids is 1. The first-order valence-corrected chi connectivity index (χ1v) is 6.16. The van der Waals surface area contributed by atoms with Crippen LogP contribution >= 0.6 is 0 Å². The van der Waals surface area contributed by atoms with Gasteiger partial charge >= 0.3 is 5.97 Å². The molecular formula is C14H17NO3. The van der Waals surface area contributed by atoms with Crippen molar-refractivity contribution in [2.45, 2.75) is 32.4 Å². The quantitative estimate of drug-likeness (QED) is 0.887. The van der Waals surface area contributed by atoms with E-state index in [0.29, 0.717) is 19.4 Å². The molecule has 18 heavy (non-hydrogen) atoms. The normalized spacial score (nSPS) is 24.1. The molecule has 1 aliphatic heterocycles. The van der Waals surface area contributed by atoms with Crippen LogP contribution in [0.15, 0.2) is 30.3 Å². The zero-order valence-corrected chi connectivity index (χ0v) is 10.4. The van der Waals surface area contributed by atoms with Gasteiger partial charge in [-0.2, -0.15) is 0 Å². The van der Waals surface area contributed by atoms with Crippen LogP contribution < -0.4 is 0 Å². The molecule has 4 heteroatoms. The van der Waals surface area contributed by atoms with E-state index in [0.717, 1.165) is 5.56 Å². The summed E-state index contributed by atoms with van der Waals surface area (Å²) in [5, 5.41) is 9.14. The zero-order valence-electron chi connectivity index (χ0n) is 10.4. The SMILES string of the molecule is CC1C(C(=O)O)CCC(=O)N1Cc1ccccc1. The third kappa shape index (κ3) is 2.53. The number of carbonyl (C=O) groups is 2. The van der Waals surface area contributed by atoms with E-state index in [4.69, 9.17) is 5.11 Å². The molecule has 0 bridgehead atoms. The van der Waals surface area contributed by atoms with Gasteiger partial charge in [-0.15, -0.1) is 0 Å². The van der Waals surface area contributed by atoms with Crippen molar-refractivity contribution >= 4 is 11.9 Å². The number of amides is 1. The van der Waals surface area contributed by atoms with Gasteiger partial charge in [-0.05, 0) is 18.9 Å². The van der Waals surface area contributed by atoms with Crippen molar-refractivity contribution in [1.82, 2.24) is 4.90 Å². The van der Waals surface area contributed by atoms with E-state index in [2.05, 4.69) is 0 Å². The van der Waals surface area contributed by atoms with E-state index in [1.54, 1.807) is 4.90 Å². The van der Waals surface area contributed by atoms with Crippen LogP contribution in [0.5, 0.6) is 0 Å².